The summed E-state index contributed by atoms with van der Waals surface area (Å²) < 4.78 is 28.1. The van der Waals surface area contributed by atoms with Crippen molar-refractivity contribution in [3.05, 3.63) is 48.0 Å². The average Bonchev–Trinajstić information content (AvgIpc) is 3.06. The second kappa shape index (κ2) is 8.05. The Morgan fingerprint density at radius 1 is 1.20 bits per heavy atom. The summed E-state index contributed by atoms with van der Waals surface area (Å²) in [5.41, 5.74) is 3.64. The summed E-state index contributed by atoms with van der Waals surface area (Å²) in [5, 5.41) is 0.800. The number of thioether (sulfide) groups is 1. The summed E-state index contributed by atoms with van der Waals surface area (Å²) >= 11 is 1.42. The molecule has 9 heteroatoms. The largest absolute Gasteiger partial charge is 0.322 e. The number of amides is 1. The van der Waals surface area contributed by atoms with Crippen molar-refractivity contribution in [3.63, 3.8) is 0 Å². The van der Waals surface area contributed by atoms with Crippen LogP contribution in [0.15, 0.2) is 52.5 Å². The van der Waals surface area contributed by atoms with E-state index in [-0.39, 0.29) is 16.6 Å². The lowest BCUT2D eigenvalue weighted by Crippen LogP contribution is -2.37. The van der Waals surface area contributed by atoms with E-state index < -0.39 is 10.0 Å². The molecule has 0 unspecified atom stereocenters. The van der Waals surface area contributed by atoms with Gasteiger partial charge in [-0.2, -0.15) is 0 Å². The summed E-state index contributed by atoms with van der Waals surface area (Å²) in [6.45, 7) is 0.634. The first-order valence-corrected chi connectivity index (χ1v) is 12.1. The number of anilines is 1. The molecule has 1 aliphatic heterocycles. The number of sulfonamides is 1. The number of hydrogen-bond donors (Lipinski definition) is 0. The van der Waals surface area contributed by atoms with Crippen LogP contribution in [0.4, 0.5) is 5.69 Å². The van der Waals surface area contributed by atoms with Gasteiger partial charge >= 0.3 is 0 Å². The van der Waals surface area contributed by atoms with E-state index in [1.54, 1.807) is 23.1 Å². The van der Waals surface area contributed by atoms with Crippen LogP contribution in [0.1, 0.15) is 12.0 Å². The van der Waals surface area contributed by atoms with E-state index in [9.17, 15) is 13.2 Å². The first-order valence-electron chi connectivity index (χ1n) is 9.69. The number of aromatic nitrogens is 2. The first-order chi connectivity index (χ1) is 14.3. The van der Waals surface area contributed by atoms with Crippen molar-refractivity contribution in [1.82, 2.24) is 13.9 Å². The fourth-order valence-electron chi connectivity index (χ4n) is 3.66. The van der Waals surface area contributed by atoms with Gasteiger partial charge in [-0.3, -0.25) is 4.79 Å². The number of benzene rings is 2. The van der Waals surface area contributed by atoms with Crippen molar-refractivity contribution in [2.75, 3.05) is 31.3 Å². The molecule has 30 heavy (non-hydrogen) atoms. The van der Waals surface area contributed by atoms with E-state index in [1.807, 2.05) is 35.9 Å². The van der Waals surface area contributed by atoms with E-state index in [4.69, 9.17) is 0 Å². The molecule has 2 aromatic carbocycles. The van der Waals surface area contributed by atoms with Crippen molar-refractivity contribution in [3.8, 4) is 0 Å². The van der Waals surface area contributed by atoms with Gasteiger partial charge in [0.05, 0.1) is 21.7 Å². The summed E-state index contributed by atoms with van der Waals surface area (Å²) in [6.07, 6.45) is 1.56. The number of aryl methyl sites for hydroxylation is 2. The lowest BCUT2D eigenvalue weighted by Gasteiger charge is -2.30. The highest BCUT2D eigenvalue weighted by Gasteiger charge is 2.26. The lowest BCUT2D eigenvalue weighted by atomic mass is 10.0. The van der Waals surface area contributed by atoms with Crippen molar-refractivity contribution >= 4 is 44.4 Å². The Bertz CT molecular complexity index is 1220. The summed E-state index contributed by atoms with van der Waals surface area (Å²) in [5.74, 6) is 0.269. The third-order valence-electron chi connectivity index (χ3n) is 5.32. The Kier molecular flexibility index (Phi) is 5.61. The molecular formula is C21H24N4O3S2. The molecule has 0 radical (unpaired) electrons. The zero-order chi connectivity index (χ0) is 21.5. The van der Waals surface area contributed by atoms with E-state index in [2.05, 4.69) is 4.98 Å². The molecule has 1 aliphatic rings. The van der Waals surface area contributed by atoms with Crippen LogP contribution in [0, 0.1) is 0 Å². The maximum atomic E-state index is 13.0. The maximum Gasteiger partial charge on any atom is 0.242 e. The molecule has 2 heterocycles. The van der Waals surface area contributed by atoms with E-state index in [0.717, 1.165) is 40.3 Å². The number of fused-ring (bicyclic) bond motifs is 2. The molecule has 0 atom stereocenters. The molecule has 0 aliphatic carbocycles. The van der Waals surface area contributed by atoms with Crippen molar-refractivity contribution in [1.29, 1.82) is 0 Å². The number of hydrogen-bond acceptors (Lipinski definition) is 5. The molecule has 1 amide bonds. The average molecular weight is 445 g/mol. The molecule has 158 valence electrons. The second-order valence-corrected chi connectivity index (χ2v) is 10.6. The molecule has 0 bridgehead atoms. The fourth-order valence-corrected chi connectivity index (χ4v) is 5.48. The minimum Gasteiger partial charge on any atom is -0.322 e. The zero-order valence-electron chi connectivity index (χ0n) is 17.2. The highest BCUT2D eigenvalue weighted by Crippen LogP contribution is 2.31. The van der Waals surface area contributed by atoms with Crippen LogP contribution >= 0.6 is 11.8 Å². The monoisotopic (exact) mass is 444 g/mol. The Labute approximate surface area is 180 Å². The topological polar surface area (TPSA) is 75.5 Å². The SMILES string of the molecule is CN(C)S(=O)(=O)c1ccc2c(c1)CCCN2C(=O)CSc1nc2ccccc2n1C. The summed E-state index contributed by atoms with van der Waals surface area (Å²) in [6, 6.07) is 12.9. The summed E-state index contributed by atoms with van der Waals surface area (Å²) in [4.78, 5) is 19.6. The lowest BCUT2D eigenvalue weighted by molar-refractivity contribution is -0.116. The molecule has 0 N–H and O–H groups in total. The molecular weight excluding hydrogens is 420 g/mol. The highest BCUT2D eigenvalue weighted by molar-refractivity contribution is 7.99. The first kappa shape index (κ1) is 20.9. The van der Waals surface area contributed by atoms with Crippen molar-refractivity contribution < 1.29 is 13.2 Å². The molecule has 0 spiro atoms. The van der Waals surface area contributed by atoms with Crippen LogP contribution in [0.2, 0.25) is 0 Å². The quantitative estimate of drug-likeness (QED) is 0.566. The Hall–Kier alpha value is -2.36. The predicted molar refractivity (Wildman–Crippen MR) is 119 cm³/mol. The van der Waals surface area contributed by atoms with Gasteiger partial charge in [0.15, 0.2) is 5.16 Å². The van der Waals surface area contributed by atoms with Gasteiger partial charge in [0.1, 0.15) is 0 Å². The van der Waals surface area contributed by atoms with Crippen LogP contribution in [-0.2, 0) is 28.3 Å². The summed E-state index contributed by atoms with van der Waals surface area (Å²) in [7, 11) is 1.49. The van der Waals surface area contributed by atoms with Crippen LogP contribution in [0.3, 0.4) is 0 Å². The standard InChI is InChI=1S/C21H24N4O3S2/c1-23(2)30(27,28)16-10-11-18-15(13-16)7-6-12-25(18)20(26)14-29-21-22-17-8-4-5-9-19(17)24(21)3/h4-5,8-11,13H,6-7,12,14H2,1-3H3. The van der Waals surface area contributed by atoms with E-state index in [0.29, 0.717) is 6.54 Å². The number of carbonyl (C=O) groups is 1. The van der Waals surface area contributed by atoms with E-state index >= 15 is 0 Å². The normalized spacial score (nSPS) is 14.3. The van der Waals surface area contributed by atoms with Crippen LogP contribution in [0.25, 0.3) is 11.0 Å². The second-order valence-electron chi connectivity index (χ2n) is 7.46. The molecule has 4 rings (SSSR count). The number of imidazole rings is 1. The molecule has 0 saturated carbocycles. The predicted octanol–water partition coefficient (Wildman–Crippen LogP) is 2.90. The van der Waals surface area contributed by atoms with Gasteiger partial charge in [-0.1, -0.05) is 23.9 Å². The number of para-hydroxylation sites is 2. The van der Waals surface area contributed by atoms with Gasteiger partial charge < -0.3 is 9.47 Å². The Morgan fingerprint density at radius 3 is 2.70 bits per heavy atom. The van der Waals surface area contributed by atoms with Crippen LogP contribution < -0.4 is 4.90 Å². The number of carbonyl (C=O) groups excluding carboxylic acids is 1. The molecule has 7 nitrogen and oxygen atoms in total. The smallest absolute Gasteiger partial charge is 0.242 e. The van der Waals surface area contributed by atoms with Gasteiger partial charge in [-0.15, -0.1) is 0 Å². The molecule has 0 saturated heterocycles. The zero-order valence-corrected chi connectivity index (χ0v) is 18.8. The van der Waals surface area contributed by atoms with Gasteiger partial charge in [0.25, 0.3) is 0 Å². The van der Waals surface area contributed by atoms with Crippen molar-refractivity contribution in [2.24, 2.45) is 7.05 Å². The molecule has 0 fully saturated rings. The van der Waals surface area contributed by atoms with Gasteiger partial charge in [0.2, 0.25) is 15.9 Å². The van der Waals surface area contributed by atoms with Crippen molar-refractivity contribution in [2.45, 2.75) is 22.9 Å². The fraction of sp³-hybridized carbons (Fsp3) is 0.333. The third kappa shape index (κ3) is 3.73. The number of nitrogens with zero attached hydrogens (tertiary/aromatic N) is 4. The van der Waals surface area contributed by atoms with Crippen LogP contribution in [-0.4, -0.2) is 54.6 Å². The minimum absolute atomic E-state index is 0.00350. The highest BCUT2D eigenvalue weighted by atomic mass is 32.2. The molecule has 1 aromatic heterocycles. The van der Waals surface area contributed by atoms with Gasteiger partial charge in [-0.25, -0.2) is 17.7 Å². The number of rotatable bonds is 5. The van der Waals surface area contributed by atoms with Crippen LogP contribution in [0.5, 0.6) is 0 Å². The van der Waals surface area contributed by atoms with Gasteiger partial charge in [-0.05, 0) is 48.7 Å². The third-order valence-corrected chi connectivity index (χ3v) is 8.15. The minimum atomic E-state index is -3.50. The Morgan fingerprint density at radius 2 is 1.97 bits per heavy atom. The maximum absolute atomic E-state index is 13.0. The van der Waals surface area contributed by atoms with Gasteiger partial charge in [0, 0.05) is 33.4 Å². The Balaban J connectivity index is 1.54. The van der Waals surface area contributed by atoms with E-state index in [1.165, 1.54) is 30.2 Å². The molecule has 3 aromatic rings.